The van der Waals surface area contributed by atoms with E-state index in [0.29, 0.717) is 31.2 Å². The summed E-state index contributed by atoms with van der Waals surface area (Å²) in [4.78, 5) is 14.3. The van der Waals surface area contributed by atoms with Crippen LogP contribution in [0.15, 0.2) is 42.5 Å². The van der Waals surface area contributed by atoms with E-state index in [4.69, 9.17) is 16.3 Å². The largest absolute Gasteiger partial charge is 0.378 e. The minimum atomic E-state index is -0.260. The quantitative estimate of drug-likeness (QED) is 0.761. The van der Waals surface area contributed by atoms with Crippen molar-refractivity contribution in [2.24, 2.45) is 0 Å². The maximum atomic E-state index is 12.9. The first kappa shape index (κ1) is 19.5. The average Bonchev–Trinajstić information content (AvgIpc) is 2.68. The number of hydrogen-bond donors (Lipinski definition) is 2. The van der Waals surface area contributed by atoms with Crippen molar-refractivity contribution in [3.05, 3.63) is 58.9 Å². The summed E-state index contributed by atoms with van der Waals surface area (Å²) in [6, 6.07) is 11.9. The Morgan fingerprint density at radius 1 is 1.15 bits per heavy atom. The number of carbonyl (C=O) groups is 1. The Morgan fingerprint density at radius 3 is 2.63 bits per heavy atom. The smallest absolute Gasteiger partial charge is 0.239 e. The third-order valence-corrected chi connectivity index (χ3v) is 4.71. The highest BCUT2D eigenvalue weighted by Gasteiger charge is 2.18. The standard InChI is InChI=1S/C20H23ClFN3O2/c21-17-2-1-3-18(20(17)25-10-12-27-13-11-25)24-14-19(26)23-9-8-15-4-6-16(22)7-5-15/h1-7,24H,8-14H2,(H,23,26). The first-order chi connectivity index (χ1) is 13.1. The molecule has 1 saturated heterocycles. The number of anilines is 2. The van der Waals surface area contributed by atoms with Crippen molar-refractivity contribution in [2.75, 3.05) is 49.6 Å². The van der Waals surface area contributed by atoms with Gasteiger partial charge in [-0.1, -0.05) is 29.8 Å². The lowest BCUT2D eigenvalue weighted by molar-refractivity contribution is -0.119. The van der Waals surface area contributed by atoms with Crippen LogP contribution in [0.5, 0.6) is 0 Å². The molecule has 0 aliphatic carbocycles. The van der Waals surface area contributed by atoms with Gasteiger partial charge in [-0.25, -0.2) is 4.39 Å². The topological polar surface area (TPSA) is 53.6 Å². The van der Waals surface area contributed by atoms with Gasteiger partial charge in [-0.15, -0.1) is 0 Å². The van der Waals surface area contributed by atoms with Gasteiger partial charge in [-0.2, -0.15) is 0 Å². The third-order valence-electron chi connectivity index (χ3n) is 4.40. The molecule has 0 saturated carbocycles. The molecule has 7 heteroatoms. The minimum Gasteiger partial charge on any atom is -0.378 e. The highest BCUT2D eigenvalue weighted by Crippen LogP contribution is 2.34. The van der Waals surface area contributed by atoms with E-state index < -0.39 is 0 Å². The summed E-state index contributed by atoms with van der Waals surface area (Å²) in [6.45, 7) is 3.51. The first-order valence-electron chi connectivity index (χ1n) is 9.00. The van der Waals surface area contributed by atoms with Crippen molar-refractivity contribution in [1.82, 2.24) is 5.32 Å². The zero-order valence-electron chi connectivity index (χ0n) is 15.0. The monoisotopic (exact) mass is 391 g/mol. The molecule has 1 amide bonds. The van der Waals surface area contributed by atoms with E-state index in [9.17, 15) is 9.18 Å². The van der Waals surface area contributed by atoms with Crippen LogP contribution in [0, 0.1) is 5.82 Å². The van der Waals surface area contributed by atoms with Crippen LogP contribution in [0.2, 0.25) is 5.02 Å². The Balaban J connectivity index is 1.51. The first-order valence-corrected chi connectivity index (χ1v) is 9.37. The van der Waals surface area contributed by atoms with Crippen molar-refractivity contribution in [3.8, 4) is 0 Å². The van der Waals surface area contributed by atoms with Crippen molar-refractivity contribution in [2.45, 2.75) is 6.42 Å². The molecule has 3 rings (SSSR count). The summed E-state index contributed by atoms with van der Waals surface area (Å²) in [7, 11) is 0. The van der Waals surface area contributed by atoms with Crippen molar-refractivity contribution in [3.63, 3.8) is 0 Å². The zero-order chi connectivity index (χ0) is 19.1. The summed E-state index contributed by atoms with van der Waals surface area (Å²) in [5, 5.41) is 6.70. The fraction of sp³-hybridized carbons (Fsp3) is 0.350. The number of ether oxygens (including phenoxy) is 1. The molecule has 5 nitrogen and oxygen atoms in total. The average molecular weight is 392 g/mol. The summed E-state index contributed by atoms with van der Waals surface area (Å²) < 4.78 is 18.3. The van der Waals surface area contributed by atoms with Gasteiger partial charge in [0.1, 0.15) is 5.82 Å². The molecule has 2 aromatic carbocycles. The summed E-state index contributed by atoms with van der Waals surface area (Å²) in [5.41, 5.74) is 2.72. The number of benzene rings is 2. The molecular weight excluding hydrogens is 369 g/mol. The minimum absolute atomic E-state index is 0.106. The number of hydrogen-bond acceptors (Lipinski definition) is 4. The predicted octanol–water partition coefficient (Wildman–Crippen LogP) is 3.09. The molecule has 0 radical (unpaired) electrons. The molecule has 0 bridgehead atoms. The fourth-order valence-electron chi connectivity index (χ4n) is 3.00. The molecule has 1 fully saturated rings. The van der Waals surface area contributed by atoms with Crippen LogP contribution in [0.1, 0.15) is 5.56 Å². The lowest BCUT2D eigenvalue weighted by Gasteiger charge is -2.31. The van der Waals surface area contributed by atoms with Crippen LogP contribution in [0.4, 0.5) is 15.8 Å². The van der Waals surface area contributed by atoms with Crippen LogP contribution in [0.3, 0.4) is 0 Å². The maximum absolute atomic E-state index is 12.9. The molecule has 0 atom stereocenters. The van der Waals surface area contributed by atoms with Crippen molar-refractivity contribution < 1.29 is 13.9 Å². The molecule has 0 spiro atoms. The number of morpholine rings is 1. The number of amides is 1. The Morgan fingerprint density at radius 2 is 1.89 bits per heavy atom. The Labute approximate surface area is 163 Å². The van der Waals surface area contributed by atoms with Crippen LogP contribution in [-0.4, -0.2) is 45.3 Å². The number of rotatable bonds is 7. The van der Waals surface area contributed by atoms with Gasteiger partial charge in [0.2, 0.25) is 5.91 Å². The van der Waals surface area contributed by atoms with E-state index in [1.54, 1.807) is 12.1 Å². The maximum Gasteiger partial charge on any atom is 0.239 e. The number of halogens is 2. The normalized spacial score (nSPS) is 14.1. The molecule has 1 heterocycles. The Kier molecular flexibility index (Phi) is 6.90. The summed E-state index contributed by atoms with van der Waals surface area (Å²) in [6.07, 6.45) is 0.655. The van der Waals surface area contributed by atoms with E-state index in [1.807, 2.05) is 18.2 Å². The second kappa shape index (κ2) is 9.58. The molecule has 144 valence electrons. The van der Waals surface area contributed by atoms with Crippen molar-refractivity contribution in [1.29, 1.82) is 0 Å². The third kappa shape index (κ3) is 5.58. The number of nitrogens with one attached hydrogen (secondary N) is 2. The van der Waals surface area contributed by atoms with Gasteiger partial charge >= 0.3 is 0 Å². The van der Waals surface area contributed by atoms with Gasteiger partial charge in [0.25, 0.3) is 0 Å². The van der Waals surface area contributed by atoms with Crippen LogP contribution in [0.25, 0.3) is 0 Å². The van der Waals surface area contributed by atoms with Crippen LogP contribution >= 0.6 is 11.6 Å². The zero-order valence-corrected chi connectivity index (χ0v) is 15.8. The van der Waals surface area contributed by atoms with E-state index in [2.05, 4.69) is 15.5 Å². The predicted molar refractivity (Wildman–Crippen MR) is 106 cm³/mol. The summed E-state index contributed by atoms with van der Waals surface area (Å²) >= 11 is 6.39. The highest BCUT2D eigenvalue weighted by molar-refractivity contribution is 6.34. The summed E-state index contributed by atoms with van der Waals surface area (Å²) in [5.74, 6) is -0.366. The lowest BCUT2D eigenvalue weighted by atomic mass is 10.1. The number of carbonyl (C=O) groups excluding carboxylic acids is 1. The van der Waals surface area contributed by atoms with Gasteiger partial charge < -0.3 is 20.3 Å². The number of nitrogens with zero attached hydrogens (tertiary/aromatic N) is 1. The SMILES string of the molecule is O=C(CNc1cccc(Cl)c1N1CCOCC1)NCCc1ccc(F)cc1. The van der Waals surface area contributed by atoms with Crippen LogP contribution < -0.4 is 15.5 Å². The molecule has 2 aromatic rings. The highest BCUT2D eigenvalue weighted by atomic mass is 35.5. The molecule has 1 aliphatic rings. The molecule has 0 aromatic heterocycles. The number of para-hydroxylation sites is 1. The van der Waals surface area contributed by atoms with E-state index in [1.165, 1.54) is 12.1 Å². The van der Waals surface area contributed by atoms with E-state index >= 15 is 0 Å². The second-order valence-electron chi connectivity index (χ2n) is 6.32. The van der Waals surface area contributed by atoms with Gasteiger partial charge in [0.15, 0.2) is 0 Å². The van der Waals surface area contributed by atoms with E-state index in [-0.39, 0.29) is 18.3 Å². The Bertz CT molecular complexity index is 764. The molecule has 0 unspecified atom stereocenters. The van der Waals surface area contributed by atoms with Crippen molar-refractivity contribution >= 4 is 28.9 Å². The van der Waals surface area contributed by atoms with Gasteiger partial charge in [0.05, 0.1) is 36.2 Å². The molecule has 1 aliphatic heterocycles. The lowest BCUT2D eigenvalue weighted by Crippen LogP contribution is -2.37. The fourth-order valence-corrected chi connectivity index (χ4v) is 3.30. The Hall–Kier alpha value is -2.31. The van der Waals surface area contributed by atoms with E-state index in [0.717, 1.165) is 30.0 Å². The molecular formula is C20H23ClFN3O2. The molecule has 2 N–H and O–H groups in total. The van der Waals surface area contributed by atoms with Gasteiger partial charge in [0, 0.05) is 19.6 Å². The van der Waals surface area contributed by atoms with Gasteiger partial charge in [-0.05, 0) is 36.2 Å². The second-order valence-corrected chi connectivity index (χ2v) is 6.72. The van der Waals surface area contributed by atoms with Gasteiger partial charge in [-0.3, -0.25) is 4.79 Å². The van der Waals surface area contributed by atoms with Crippen LogP contribution in [-0.2, 0) is 16.0 Å². The molecule has 27 heavy (non-hydrogen) atoms.